The fourth-order valence-electron chi connectivity index (χ4n) is 4.51. The number of fused-ring (bicyclic) bond motifs is 1. The summed E-state index contributed by atoms with van der Waals surface area (Å²) in [6, 6.07) is 19.1. The molecule has 218 valence electrons. The van der Waals surface area contributed by atoms with Gasteiger partial charge in [0.05, 0.1) is 21.7 Å². The van der Waals surface area contributed by atoms with E-state index in [0.717, 1.165) is 23.4 Å². The summed E-state index contributed by atoms with van der Waals surface area (Å²) in [6.07, 6.45) is 0. The Labute approximate surface area is 251 Å². The molecule has 3 aromatic carbocycles. The van der Waals surface area contributed by atoms with Crippen LogP contribution in [0.2, 0.25) is 5.02 Å². The second-order valence-electron chi connectivity index (χ2n) is 9.35. The van der Waals surface area contributed by atoms with Gasteiger partial charge in [-0.05, 0) is 55.1 Å². The first-order valence-corrected chi connectivity index (χ1v) is 16.2. The Hall–Kier alpha value is -3.02. The summed E-state index contributed by atoms with van der Waals surface area (Å²) in [5, 5.41) is 1.03. The van der Waals surface area contributed by atoms with E-state index < -0.39 is 10.0 Å². The zero-order valence-corrected chi connectivity index (χ0v) is 26.1. The van der Waals surface area contributed by atoms with E-state index in [1.54, 1.807) is 36.3 Å². The fraction of sp³-hybridized carbons (Fsp3) is 0.333. The maximum Gasteiger partial charge on any atom is 0.260 e. The molecule has 0 N–H and O–H groups in total. The van der Waals surface area contributed by atoms with Gasteiger partial charge in [-0.15, -0.1) is 0 Å². The van der Waals surface area contributed by atoms with Crippen molar-refractivity contribution in [3.63, 3.8) is 0 Å². The normalized spacial score (nSPS) is 11.9. The molecule has 11 heteroatoms. The number of methoxy groups -OCH3 is 1. The van der Waals surface area contributed by atoms with Crippen LogP contribution >= 0.6 is 22.9 Å². The molecule has 0 saturated heterocycles. The summed E-state index contributed by atoms with van der Waals surface area (Å²) >= 11 is 7.79. The monoisotopic (exact) mass is 614 g/mol. The number of rotatable bonds is 13. The molecular formula is C30H35ClN4O4S2. The summed E-state index contributed by atoms with van der Waals surface area (Å²) in [7, 11) is -2.19. The maximum atomic E-state index is 13.9. The molecule has 1 heterocycles. The molecule has 0 bridgehead atoms. The van der Waals surface area contributed by atoms with Gasteiger partial charge in [0.15, 0.2) is 5.13 Å². The van der Waals surface area contributed by atoms with E-state index >= 15 is 0 Å². The number of nitrogens with zero attached hydrogens (tertiary/aromatic N) is 4. The molecule has 1 amide bonds. The average Bonchev–Trinajstić information content (AvgIpc) is 3.45. The van der Waals surface area contributed by atoms with Crippen molar-refractivity contribution in [1.82, 2.24) is 14.2 Å². The SMILES string of the molecule is CCN(CC)CCN(C(=O)c1ccc(S(=O)(=O)N(CC)Cc2ccccc2)cc1)c1nc2c(OC)ccc(Cl)c2s1. The zero-order chi connectivity index (χ0) is 29.6. The van der Waals surface area contributed by atoms with Crippen molar-refractivity contribution in [1.29, 1.82) is 0 Å². The van der Waals surface area contributed by atoms with Crippen molar-refractivity contribution in [3.05, 3.63) is 82.9 Å². The quantitative estimate of drug-likeness (QED) is 0.179. The van der Waals surface area contributed by atoms with Gasteiger partial charge in [0.1, 0.15) is 11.3 Å². The van der Waals surface area contributed by atoms with Gasteiger partial charge in [-0.1, -0.05) is 74.0 Å². The number of halogens is 1. The topological polar surface area (TPSA) is 83.1 Å². The first kappa shape index (κ1) is 30.9. The number of sulfonamides is 1. The minimum absolute atomic E-state index is 0.137. The van der Waals surface area contributed by atoms with E-state index in [1.807, 2.05) is 37.3 Å². The predicted molar refractivity (Wildman–Crippen MR) is 167 cm³/mol. The van der Waals surface area contributed by atoms with Crippen LogP contribution in [0.4, 0.5) is 5.13 Å². The Bertz CT molecular complexity index is 1570. The Kier molecular flexibility index (Phi) is 10.4. The number of carbonyl (C=O) groups is 1. The van der Waals surface area contributed by atoms with Gasteiger partial charge < -0.3 is 9.64 Å². The molecule has 0 atom stereocenters. The lowest BCUT2D eigenvalue weighted by Crippen LogP contribution is -2.39. The number of anilines is 1. The molecule has 0 spiro atoms. The summed E-state index contributed by atoms with van der Waals surface area (Å²) in [5.74, 6) is 0.306. The summed E-state index contributed by atoms with van der Waals surface area (Å²) < 4.78 is 34.5. The van der Waals surface area contributed by atoms with Gasteiger partial charge in [0.2, 0.25) is 10.0 Å². The van der Waals surface area contributed by atoms with Crippen molar-refractivity contribution in [3.8, 4) is 5.75 Å². The fourth-order valence-corrected chi connectivity index (χ4v) is 7.23. The highest BCUT2D eigenvalue weighted by molar-refractivity contribution is 7.89. The number of hydrogen-bond donors (Lipinski definition) is 0. The number of ether oxygens (including phenoxy) is 1. The van der Waals surface area contributed by atoms with Crippen LogP contribution in [0.3, 0.4) is 0 Å². The highest BCUT2D eigenvalue weighted by Crippen LogP contribution is 2.39. The van der Waals surface area contributed by atoms with Gasteiger partial charge in [-0.25, -0.2) is 13.4 Å². The molecule has 0 aliphatic carbocycles. The van der Waals surface area contributed by atoms with Crippen molar-refractivity contribution < 1.29 is 17.9 Å². The van der Waals surface area contributed by atoms with Crippen LogP contribution in [-0.2, 0) is 16.6 Å². The number of benzene rings is 3. The maximum absolute atomic E-state index is 13.9. The molecule has 4 aromatic rings. The largest absolute Gasteiger partial charge is 0.494 e. The molecule has 0 fully saturated rings. The van der Waals surface area contributed by atoms with E-state index in [1.165, 1.54) is 27.8 Å². The van der Waals surface area contributed by atoms with Crippen LogP contribution in [0.1, 0.15) is 36.7 Å². The van der Waals surface area contributed by atoms with E-state index in [0.29, 0.717) is 46.6 Å². The number of thiazole rings is 1. The second-order valence-corrected chi connectivity index (χ2v) is 12.7. The van der Waals surface area contributed by atoms with Gasteiger partial charge >= 0.3 is 0 Å². The molecule has 0 aliphatic heterocycles. The van der Waals surface area contributed by atoms with Gasteiger partial charge in [0, 0.05) is 31.7 Å². The van der Waals surface area contributed by atoms with Crippen LogP contribution in [0.25, 0.3) is 10.2 Å². The number of amides is 1. The van der Waals surface area contributed by atoms with Crippen molar-refractivity contribution >= 4 is 54.2 Å². The molecule has 0 aliphatic rings. The Balaban J connectivity index is 1.65. The lowest BCUT2D eigenvalue weighted by molar-refractivity contribution is 0.0983. The highest BCUT2D eigenvalue weighted by atomic mass is 35.5. The van der Waals surface area contributed by atoms with Crippen LogP contribution in [0, 0.1) is 0 Å². The van der Waals surface area contributed by atoms with Gasteiger partial charge in [0.25, 0.3) is 5.91 Å². The third-order valence-corrected chi connectivity index (χ3v) is 10.4. The number of carbonyl (C=O) groups excluding carboxylic acids is 1. The van der Waals surface area contributed by atoms with Crippen molar-refractivity contribution in [2.24, 2.45) is 0 Å². The van der Waals surface area contributed by atoms with Crippen LogP contribution in [0.15, 0.2) is 71.6 Å². The van der Waals surface area contributed by atoms with Crippen molar-refractivity contribution in [2.45, 2.75) is 32.2 Å². The highest BCUT2D eigenvalue weighted by Gasteiger charge is 2.26. The average molecular weight is 615 g/mol. The third kappa shape index (κ3) is 6.90. The van der Waals surface area contributed by atoms with Gasteiger partial charge in [-0.2, -0.15) is 4.31 Å². The number of aromatic nitrogens is 1. The molecular weight excluding hydrogens is 580 g/mol. The Morgan fingerprint density at radius 1 is 0.927 bits per heavy atom. The third-order valence-electron chi connectivity index (χ3n) is 6.97. The zero-order valence-electron chi connectivity index (χ0n) is 23.7. The van der Waals surface area contributed by atoms with E-state index in [-0.39, 0.29) is 17.3 Å². The van der Waals surface area contributed by atoms with Crippen LogP contribution < -0.4 is 9.64 Å². The molecule has 1 aromatic heterocycles. The Morgan fingerprint density at radius 2 is 1.61 bits per heavy atom. The minimum Gasteiger partial charge on any atom is -0.494 e. The molecule has 0 radical (unpaired) electrons. The molecule has 4 rings (SSSR count). The lowest BCUT2D eigenvalue weighted by atomic mass is 10.2. The van der Waals surface area contributed by atoms with Crippen LogP contribution in [-0.4, -0.2) is 68.3 Å². The molecule has 41 heavy (non-hydrogen) atoms. The number of likely N-dealkylation sites (N-methyl/N-ethyl adjacent to an activating group) is 1. The number of hydrogen-bond acceptors (Lipinski definition) is 7. The smallest absolute Gasteiger partial charge is 0.260 e. The van der Waals surface area contributed by atoms with E-state index in [9.17, 15) is 13.2 Å². The predicted octanol–water partition coefficient (Wildman–Crippen LogP) is 6.16. The first-order valence-electron chi connectivity index (χ1n) is 13.5. The summed E-state index contributed by atoms with van der Waals surface area (Å²) in [5.41, 5.74) is 1.87. The summed E-state index contributed by atoms with van der Waals surface area (Å²) in [6.45, 7) is 9.30. The molecule has 0 saturated carbocycles. The standard InChI is InChI=1S/C30H35ClN4O4S2/c1-5-33(6-2)19-20-35(30-32-27-26(39-4)18-17-25(31)28(27)40-30)29(36)23-13-15-24(16-14-23)41(37,38)34(7-3)21-22-11-9-8-10-12-22/h8-18H,5-7,19-21H2,1-4H3. The molecule has 8 nitrogen and oxygen atoms in total. The van der Waals surface area contributed by atoms with E-state index in [2.05, 4.69) is 18.7 Å². The van der Waals surface area contributed by atoms with Gasteiger partial charge in [-0.3, -0.25) is 9.69 Å². The first-order chi connectivity index (χ1) is 19.7. The Morgan fingerprint density at radius 3 is 2.22 bits per heavy atom. The van der Waals surface area contributed by atoms with Crippen LogP contribution in [0.5, 0.6) is 5.75 Å². The lowest BCUT2D eigenvalue weighted by Gasteiger charge is -2.25. The van der Waals surface area contributed by atoms with E-state index in [4.69, 9.17) is 21.3 Å². The molecule has 0 unspecified atom stereocenters. The summed E-state index contributed by atoms with van der Waals surface area (Å²) in [4.78, 5) is 22.6. The minimum atomic E-state index is -3.76. The second kappa shape index (κ2) is 13.8. The van der Waals surface area contributed by atoms with Crippen molar-refractivity contribution in [2.75, 3.05) is 44.7 Å².